The monoisotopic (exact) mass is 341 g/mol. The van der Waals surface area contributed by atoms with Gasteiger partial charge in [-0.15, -0.1) is 0 Å². The van der Waals surface area contributed by atoms with Crippen LogP contribution in [0.5, 0.6) is 0 Å². The smallest absolute Gasteiger partial charge is 0.267 e. The Hall–Kier alpha value is -1.83. The van der Waals surface area contributed by atoms with Gasteiger partial charge in [-0.2, -0.15) is 5.10 Å². The highest BCUT2D eigenvalue weighted by atomic mass is 35.5. The molecule has 1 aromatic carbocycles. The van der Waals surface area contributed by atoms with Crippen LogP contribution in [0.25, 0.3) is 0 Å². The maximum atomic E-state index is 12.2. The fourth-order valence-corrected chi connectivity index (χ4v) is 2.90. The molecule has 2 heterocycles. The topological polar surface area (TPSA) is 77.0 Å². The van der Waals surface area contributed by atoms with Crippen LogP contribution in [-0.4, -0.2) is 47.3 Å². The minimum absolute atomic E-state index is 0.163. The van der Waals surface area contributed by atoms with E-state index >= 15 is 0 Å². The molecular weight excluding hydrogens is 329 g/mol. The van der Waals surface area contributed by atoms with E-state index in [2.05, 4.69) is 15.8 Å². The molecule has 0 radical (unpaired) electrons. The average molecular weight is 342 g/mol. The average Bonchev–Trinajstić information content (AvgIpc) is 2.90. The molecule has 2 amide bonds. The molecule has 1 atom stereocenters. The molecule has 1 saturated heterocycles. The molecule has 1 fully saturated rings. The number of anilines is 1. The van der Waals surface area contributed by atoms with Gasteiger partial charge in [-0.25, -0.2) is 10.4 Å². The number of hydrazone groups is 1. The maximum Gasteiger partial charge on any atom is 0.267 e. The largest absolute Gasteiger partial charge is 0.324 e. The first-order valence-corrected chi connectivity index (χ1v) is 7.42. The first kappa shape index (κ1) is 15.1. The number of hydrazine groups is 1. The molecule has 2 aliphatic heterocycles. The molecule has 2 N–H and O–H groups in total. The molecule has 22 heavy (non-hydrogen) atoms. The molecule has 1 unspecified atom stereocenters. The predicted molar refractivity (Wildman–Crippen MR) is 83.5 cm³/mol. The van der Waals surface area contributed by atoms with Gasteiger partial charge in [-0.05, 0) is 24.6 Å². The Morgan fingerprint density at radius 1 is 1.36 bits per heavy atom. The van der Waals surface area contributed by atoms with Crippen molar-refractivity contribution in [2.45, 2.75) is 12.5 Å². The summed E-state index contributed by atoms with van der Waals surface area (Å²) in [5.74, 6) is -0.574. The van der Waals surface area contributed by atoms with Gasteiger partial charge in [0.25, 0.3) is 5.91 Å². The van der Waals surface area contributed by atoms with Crippen LogP contribution < -0.4 is 10.7 Å². The molecule has 0 bridgehead atoms. The van der Waals surface area contributed by atoms with Gasteiger partial charge in [0.05, 0.1) is 0 Å². The molecule has 3 rings (SSSR count). The van der Waals surface area contributed by atoms with Crippen molar-refractivity contribution < 1.29 is 9.59 Å². The van der Waals surface area contributed by atoms with Crippen LogP contribution in [0.2, 0.25) is 10.0 Å². The third-order valence-electron chi connectivity index (χ3n) is 3.34. The Kier molecular flexibility index (Phi) is 4.19. The van der Waals surface area contributed by atoms with Crippen molar-refractivity contribution in [2.75, 3.05) is 18.4 Å². The summed E-state index contributed by atoms with van der Waals surface area (Å²) in [7, 11) is 0. The van der Waals surface area contributed by atoms with Gasteiger partial charge >= 0.3 is 0 Å². The zero-order chi connectivity index (χ0) is 15.7. The highest BCUT2D eigenvalue weighted by Crippen LogP contribution is 2.22. The molecule has 7 nitrogen and oxygen atoms in total. The normalized spacial score (nSPS) is 20.3. The van der Waals surface area contributed by atoms with E-state index in [1.807, 2.05) is 0 Å². The van der Waals surface area contributed by atoms with Crippen LogP contribution in [0.3, 0.4) is 0 Å². The number of carbonyl (C=O) groups excluding carboxylic acids is 2. The van der Waals surface area contributed by atoms with Crippen molar-refractivity contribution in [3.05, 3.63) is 28.2 Å². The zero-order valence-electron chi connectivity index (χ0n) is 11.4. The Labute approximate surface area is 136 Å². The Morgan fingerprint density at radius 2 is 2.09 bits per heavy atom. The van der Waals surface area contributed by atoms with Gasteiger partial charge in [-0.1, -0.05) is 23.2 Å². The van der Waals surface area contributed by atoms with E-state index in [9.17, 15) is 9.59 Å². The van der Waals surface area contributed by atoms with Crippen molar-refractivity contribution in [1.29, 1.82) is 0 Å². The van der Waals surface area contributed by atoms with Crippen molar-refractivity contribution in [2.24, 2.45) is 5.10 Å². The van der Waals surface area contributed by atoms with Gasteiger partial charge in [0.1, 0.15) is 18.9 Å². The number of nitrogens with zero attached hydrogens (tertiary/aromatic N) is 3. The van der Waals surface area contributed by atoms with E-state index in [1.165, 1.54) is 6.34 Å². The second-order valence-corrected chi connectivity index (χ2v) is 5.83. The molecule has 116 valence electrons. The minimum atomic E-state index is -0.372. The van der Waals surface area contributed by atoms with E-state index < -0.39 is 0 Å². The SMILES string of the molecule is O=C(CN1N=CN2NCCC2C1=O)Nc1cc(Cl)cc(Cl)c1. The van der Waals surface area contributed by atoms with Crippen LogP contribution in [0.15, 0.2) is 23.3 Å². The number of hydrogen-bond donors (Lipinski definition) is 2. The second kappa shape index (κ2) is 6.12. The van der Waals surface area contributed by atoms with Crippen LogP contribution in [0.1, 0.15) is 6.42 Å². The summed E-state index contributed by atoms with van der Waals surface area (Å²) in [6.45, 7) is 0.549. The number of nitrogens with one attached hydrogen (secondary N) is 2. The summed E-state index contributed by atoms with van der Waals surface area (Å²) in [5.41, 5.74) is 3.49. The Balaban J connectivity index is 1.64. The lowest BCUT2D eigenvalue weighted by atomic mass is 10.2. The summed E-state index contributed by atoms with van der Waals surface area (Å²) in [4.78, 5) is 24.3. The molecule has 2 aliphatic rings. The summed E-state index contributed by atoms with van der Waals surface area (Å²) in [5, 5.41) is 10.3. The van der Waals surface area contributed by atoms with Crippen molar-refractivity contribution in [3.8, 4) is 0 Å². The molecular formula is C13H13Cl2N5O2. The molecule has 0 aliphatic carbocycles. The van der Waals surface area contributed by atoms with Crippen LogP contribution >= 0.6 is 23.2 Å². The lowest BCUT2D eigenvalue weighted by Crippen LogP contribution is -2.51. The molecule has 0 saturated carbocycles. The van der Waals surface area contributed by atoms with Crippen molar-refractivity contribution in [3.63, 3.8) is 0 Å². The fraction of sp³-hybridized carbons (Fsp3) is 0.308. The molecule has 0 spiro atoms. The van der Waals surface area contributed by atoms with Crippen LogP contribution in [-0.2, 0) is 9.59 Å². The minimum Gasteiger partial charge on any atom is -0.324 e. The first-order chi connectivity index (χ1) is 10.5. The fourth-order valence-electron chi connectivity index (χ4n) is 2.37. The number of benzene rings is 1. The lowest BCUT2D eigenvalue weighted by molar-refractivity contribution is -0.139. The van der Waals surface area contributed by atoms with Gasteiger partial charge in [0.15, 0.2) is 0 Å². The number of hydrogen-bond acceptors (Lipinski definition) is 5. The lowest BCUT2D eigenvalue weighted by Gasteiger charge is -2.29. The molecule has 0 aromatic heterocycles. The van der Waals surface area contributed by atoms with Gasteiger partial charge in [0.2, 0.25) is 5.91 Å². The van der Waals surface area contributed by atoms with Crippen LogP contribution in [0, 0.1) is 0 Å². The number of amides is 2. The summed E-state index contributed by atoms with van der Waals surface area (Å²) >= 11 is 11.7. The van der Waals surface area contributed by atoms with Gasteiger partial charge < -0.3 is 5.32 Å². The van der Waals surface area contributed by atoms with E-state index in [-0.39, 0.29) is 24.4 Å². The van der Waals surface area contributed by atoms with Gasteiger partial charge in [0, 0.05) is 22.3 Å². The number of halogens is 2. The Bertz CT molecular complexity index is 631. The summed E-state index contributed by atoms with van der Waals surface area (Å²) in [6, 6.07) is 4.43. The van der Waals surface area contributed by atoms with Crippen LogP contribution in [0.4, 0.5) is 5.69 Å². The standard InChI is InChI=1S/C13H13Cl2N5O2/c14-8-3-9(15)5-10(4-8)18-12(21)6-19-13(22)11-1-2-16-20(11)7-17-19/h3-5,7,11,16H,1-2,6H2,(H,18,21). The van der Waals surface area contributed by atoms with E-state index in [0.29, 0.717) is 28.7 Å². The first-order valence-electron chi connectivity index (χ1n) is 6.66. The number of carbonyl (C=O) groups is 2. The molecule has 1 aromatic rings. The van der Waals surface area contributed by atoms with E-state index in [1.54, 1.807) is 23.2 Å². The predicted octanol–water partition coefficient (Wildman–Crippen LogP) is 1.30. The third kappa shape index (κ3) is 3.16. The number of fused-ring (bicyclic) bond motifs is 1. The number of rotatable bonds is 3. The van der Waals surface area contributed by atoms with E-state index in [0.717, 1.165) is 5.01 Å². The van der Waals surface area contributed by atoms with E-state index in [4.69, 9.17) is 23.2 Å². The highest BCUT2D eigenvalue weighted by Gasteiger charge is 2.36. The summed E-state index contributed by atoms with van der Waals surface area (Å²) in [6.07, 6.45) is 2.20. The Morgan fingerprint density at radius 3 is 2.82 bits per heavy atom. The third-order valence-corrected chi connectivity index (χ3v) is 3.78. The highest BCUT2D eigenvalue weighted by molar-refractivity contribution is 6.35. The van der Waals surface area contributed by atoms with Gasteiger partial charge in [-0.3, -0.25) is 14.6 Å². The van der Waals surface area contributed by atoms with Crippen molar-refractivity contribution >= 4 is 47.0 Å². The zero-order valence-corrected chi connectivity index (χ0v) is 12.9. The summed E-state index contributed by atoms with van der Waals surface area (Å²) < 4.78 is 0. The second-order valence-electron chi connectivity index (χ2n) is 4.95. The molecule has 9 heteroatoms. The van der Waals surface area contributed by atoms with Crippen molar-refractivity contribution in [1.82, 2.24) is 15.4 Å². The quantitative estimate of drug-likeness (QED) is 0.868. The maximum absolute atomic E-state index is 12.2.